The molecular formula is C26H28FN3O2. The molecule has 5 nitrogen and oxygen atoms in total. The van der Waals surface area contributed by atoms with Gasteiger partial charge in [-0.2, -0.15) is 0 Å². The van der Waals surface area contributed by atoms with E-state index in [1.54, 1.807) is 25.6 Å². The van der Waals surface area contributed by atoms with Gasteiger partial charge in [-0.25, -0.2) is 9.37 Å². The van der Waals surface area contributed by atoms with Gasteiger partial charge in [-0.3, -0.25) is 4.79 Å². The van der Waals surface area contributed by atoms with Crippen LogP contribution in [0.15, 0.2) is 55.0 Å². The predicted octanol–water partition coefficient (Wildman–Crippen LogP) is 5.19. The van der Waals surface area contributed by atoms with E-state index in [4.69, 9.17) is 4.74 Å². The molecule has 1 aromatic heterocycles. The summed E-state index contributed by atoms with van der Waals surface area (Å²) >= 11 is 0. The van der Waals surface area contributed by atoms with Gasteiger partial charge in [0, 0.05) is 12.7 Å². The Morgan fingerprint density at radius 3 is 2.69 bits per heavy atom. The molecule has 2 aromatic carbocycles. The molecule has 0 N–H and O–H groups in total. The van der Waals surface area contributed by atoms with Gasteiger partial charge in [-0.05, 0) is 74.4 Å². The van der Waals surface area contributed by atoms with Crippen LogP contribution in [0, 0.1) is 18.2 Å². The van der Waals surface area contributed by atoms with Crippen molar-refractivity contribution in [3.63, 3.8) is 0 Å². The third-order valence-electron chi connectivity index (χ3n) is 7.20. The Kier molecular flexibility index (Phi) is 5.03. The molecule has 0 radical (unpaired) electrons. The van der Waals surface area contributed by atoms with Crippen molar-refractivity contribution in [3.8, 4) is 11.4 Å². The number of benzene rings is 2. The van der Waals surface area contributed by atoms with Gasteiger partial charge in [0.05, 0.1) is 36.3 Å². The second-order valence-corrected chi connectivity index (χ2v) is 9.10. The molecule has 1 saturated heterocycles. The highest BCUT2D eigenvalue weighted by Gasteiger charge is 2.62. The first-order valence-electron chi connectivity index (χ1n) is 11.2. The number of hydrogen-bond donors (Lipinski definition) is 0. The number of amides is 1. The van der Waals surface area contributed by atoms with Crippen LogP contribution in [0.25, 0.3) is 5.69 Å². The van der Waals surface area contributed by atoms with Gasteiger partial charge in [0.15, 0.2) is 0 Å². The number of carbonyl (C=O) groups excluding carboxylic acids is 1. The number of rotatable bonds is 5. The topological polar surface area (TPSA) is 47.4 Å². The zero-order valence-corrected chi connectivity index (χ0v) is 18.7. The number of hydrogen-bond acceptors (Lipinski definition) is 3. The lowest BCUT2D eigenvalue weighted by atomic mass is 9.87. The van der Waals surface area contributed by atoms with Crippen molar-refractivity contribution in [2.24, 2.45) is 5.41 Å². The molecule has 5 rings (SSSR count). The van der Waals surface area contributed by atoms with Crippen molar-refractivity contribution in [2.45, 2.75) is 45.1 Å². The van der Waals surface area contributed by atoms with Crippen LogP contribution in [0.2, 0.25) is 0 Å². The first-order chi connectivity index (χ1) is 15.4. The second kappa shape index (κ2) is 7.76. The minimum absolute atomic E-state index is 0.0667. The van der Waals surface area contributed by atoms with E-state index in [1.807, 2.05) is 35.6 Å². The summed E-state index contributed by atoms with van der Waals surface area (Å²) in [6.07, 6.45) is 6.51. The first kappa shape index (κ1) is 20.7. The lowest BCUT2D eigenvalue weighted by Crippen LogP contribution is -2.44. The molecular weight excluding hydrogens is 405 g/mol. The van der Waals surface area contributed by atoms with E-state index in [0.717, 1.165) is 54.1 Å². The van der Waals surface area contributed by atoms with Crippen LogP contribution in [-0.4, -0.2) is 34.0 Å². The summed E-state index contributed by atoms with van der Waals surface area (Å²) in [5, 5.41) is 0. The summed E-state index contributed by atoms with van der Waals surface area (Å²) < 4.78 is 21.0. The molecule has 0 bridgehead atoms. The molecule has 1 aliphatic carbocycles. The lowest BCUT2D eigenvalue weighted by Gasteiger charge is -2.38. The SMILES string of the molecule is COc1cc(C2CC23CCCN(C(C)c2ccc(F)cc2)C3=O)ccc1-n1cnc(C)c1. The molecule has 1 aliphatic heterocycles. The van der Waals surface area contributed by atoms with Crippen molar-refractivity contribution in [2.75, 3.05) is 13.7 Å². The van der Waals surface area contributed by atoms with Crippen LogP contribution in [-0.2, 0) is 4.79 Å². The van der Waals surface area contributed by atoms with E-state index in [1.165, 1.54) is 12.1 Å². The molecule has 1 spiro atoms. The highest BCUT2D eigenvalue weighted by atomic mass is 19.1. The summed E-state index contributed by atoms with van der Waals surface area (Å²) in [6, 6.07) is 12.6. The maximum absolute atomic E-state index is 13.6. The fourth-order valence-corrected chi connectivity index (χ4v) is 5.28. The largest absolute Gasteiger partial charge is 0.495 e. The molecule has 1 saturated carbocycles. The number of likely N-dealkylation sites (tertiary alicyclic amines) is 1. The summed E-state index contributed by atoms with van der Waals surface area (Å²) in [5.41, 5.74) is 3.67. The first-order valence-corrected chi connectivity index (χ1v) is 11.2. The molecule has 3 unspecified atom stereocenters. The number of ether oxygens (including phenoxy) is 1. The predicted molar refractivity (Wildman–Crippen MR) is 120 cm³/mol. The molecule has 2 aliphatic rings. The zero-order valence-electron chi connectivity index (χ0n) is 18.7. The van der Waals surface area contributed by atoms with E-state index in [9.17, 15) is 9.18 Å². The van der Waals surface area contributed by atoms with Crippen LogP contribution in [0.4, 0.5) is 4.39 Å². The van der Waals surface area contributed by atoms with Crippen LogP contribution in [0.3, 0.4) is 0 Å². The summed E-state index contributed by atoms with van der Waals surface area (Å²) in [5.74, 6) is 0.944. The molecule has 3 atom stereocenters. The molecule has 2 heterocycles. The third-order valence-corrected chi connectivity index (χ3v) is 7.20. The number of carbonyl (C=O) groups is 1. The number of nitrogens with zero attached hydrogens (tertiary/aromatic N) is 3. The average Bonchev–Trinajstić information content (AvgIpc) is 3.36. The molecule has 166 valence electrons. The van der Waals surface area contributed by atoms with E-state index >= 15 is 0 Å². The third kappa shape index (κ3) is 3.38. The number of imidazole rings is 1. The summed E-state index contributed by atoms with van der Waals surface area (Å²) in [7, 11) is 1.67. The number of halogens is 1. The monoisotopic (exact) mass is 433 g/mol. The van der Waals surface area contributed by atoms with Crippen molar-refractivity contribution in [3.05, 3.63) is 77.6 Å². The van der Waals surface area contributed by atoms with Gasteiger partial charge in [0.25, 0.3) is 0 Å². The average molecular weight is 434 g/mol. The van der Waals surface area contributed by atoms with Gasteiger partial charge in [-0.1, -0.05) is 18.2 Å². The standard InChI is InChI=1S/C26H28FN3O2/c1-17-15-29(16-28-17)23-10-7-20(13-24(23)32-3)22-14-26(22)11-4-12-30(25(26)31)18(2)19-5-8-21(27)9-6-19/h5-10,13,15-16,18,22H,4,11-12,14H2,1-3H3. The number of methoxy groups -OCH3 is 1. The number of aromatic nitrogens is 2. The van der Waals surface area contributed by atoms with Gasteiger partial charge >= 0.3 is 0 Å². The van der Waals surface area contributed by atoms with E-state index < -0.39 is 0 Å². The van der Waals surface area contributed by atoms with Crippen LogP contribution in [0.1, 0.15) is 55.0 Å². The van der Waals surface area contributed by atoms with Crippen molar-refractivity contribution < 1.29 is 13.9 Å². The summed E-state index contributed by atoms with van der Waals surface area (Å²) in [6.45, 7) is 4.74. The Morgan fingerprint density at radius 2 is 2.00 bits per heavy atom. The minimum atomic E-state index is -0.329. The molecule has 32 heavy (non-hydrogen) atoms. The molecule has 2 fully saturated rings. The fourth-order valence-electron chi connectivity index (χ4n) is 5.28. The molecule has 3 aromatic rings. The Bertz CT molecular complexity index is 1160. The fraction of sp³-hybridized carbons (Fsp3) is 0.385. The van der Waals surface area contributed by atoms with Crippen molar-refractivity contribution in [1.82, 2.24) is 14.5 Å². The van der Waals surface area contributed by atoms with Crippen molar-refractivity contribution in [1.29, 1.82) is 0 Å². The van der Waals surface area contributed by atoms with E-state index in [2.05, 4.69) is 17.1 Å². The minimum Gasteiger partial charge on any atom is -0.495 e. The van der Waals surface area contributed by atoms with Gasteiger partial charge < -0.3 is 14.2 Å². The molecule has 1 amide bonds. The number of aryl methyl sites for hydroxylation is 1. The maximum atomic E-state index is 13.6. The number of piperidine rings is 1. The van der Waals surface area contributed by atoms with E-state index in [0.29, 0.717) is 0 Å². The Hall–Kier alpha value is -3.15. The Balaban J connectivity index is 1.39. The van der Waals surface area contributed by atoms with Crippen LogP contribution >= 0.6 is 0 Å². The van der Waals surface area contributed by atoms with E-state index in [-0.39, 0.29) is 29.1 Å². The van der Waals surface area contributed by atoms with Gasteiger partial charge in [0.2, 0.25) is 5.91 Å². The van der Waals surface area contributed by atoms with Gasteiger partial charge in [0.1, 0.15) is 11.6 Å². The zero-order chi connectivity index (χ0) is 22.5. The second-order valence-electron chi connectivity index (χ2n) is 9.10. The van der Waals surface area contributed by atoms with Crippen LogP contribution in [0.5, 0.6) is 5.75 Å². The quantitative estimate of drug-likeness (QED) is 0.557. The molecule has 6 heteroatoms. The summed E-state index contributed by atoms with van der Waals surface area (Å²) in [4.78, 5) is 19.9. The highest BCUT2D eigenvalue weighted by Crippen LogP contribution is 2.65. The Labute approximate surface area is 187 Å². The smallest absolute Gasteiger partial charge is 0.229 e. The Morgan fingerprint density at radius 1 is 1.22 bits per heavy atom. The normalized spacial score (nSPS) is 23.4. The maximum Gasteiger partial charge on any atom is 0.229 e. The lowest BCUT2D eigenvalue weighted by molar-refractivity contribution is -0.143. The van der Waals surface area contributed by atoms with Gasteiger partial charge in [-0.15, -0.1) is 0 Å². The van der Waals surface area contributed by atoms with Crippen molar-refractivity contribution >= 4 is 5.91 Å². The highest BCUT2D eigenvalue weighted by molar-refractivity contribution is 5.88. The van der Waals surface area contributed by atoms with Crippen LogP contribution < -0.4 is 4.74 Å².